The standard InChI is InChI=1S/C27H24N4O3/c1-33-20-11-7-18(8-12-20)17-24-27(32)31(26(30-24)19-9-13-21(34-2)14-10-19)16-15-25-28-22-5-3-4-6-23(22)29-25/h3-14,17H,15-16H2,1-2H3,(H,28,29)/b24-17-. The molecule has 1 aromatic heterocycles. The van der Waals surface area contributed by atoms with Crippen LogP contribution in [-0.4, -0.2) is 47.4 Å². The topological polar surface area (TPSA) is 79.8 Å². The second-order valence-corrected chi connectivity index (χ2v) is 7.87. The number of fused-ring (bicyclic) bond motifs is 1. The van der Waals surface area contributed by atoms with Gasteiger partial charge in [-0.1, -0.05) is 24.3 Å². The Morgan fingerprint density at radius 2 is 1.59 bits per heavy atom. The maximum Gasteiger partial charge on any atom is 0.278 e. The molecule has 0 atom stereocenters. The average Bonchev–Trinajstić information content (AvgIpc) is 3.43. The largest absolute Gasteiger partial charge is 0.497 e. The van der Waals surface area contributed by atoms with E-state index in [1.165, 1.54) is 0 Å². The van der Waals surface area contributed by atoms with Crippen molar-refractivity contribution in [1.29, 1.82) is 0 Å². The number of nitrogens with zero attached hydrogens (tertiary/aromatic N) is 3. The van der Waals surface area contributed by atoms with E-state index in [9.17, 15) is 4.79 Å². The van der Waals surface area contributed by atoms with Gasteiger partial charge in [0.15, 0.2) is 0 Å². The summed E-state index contributed by atoms with van der Waals surface area (Å²) in [6.07, 6.45) is 2.37. The Balaban J connectivity index is 1.45. The molecule has 170 valence electrons. The number of benzene rings is 3. The maximum absolute atomic E-state index is 13.4. The van der Waals surface area contributed by atoms with E-state index in [0.29, 0.717) is 24.5 Å². The lowest BCUT2D eigenvalue weighted by Crippen LogP contribution is -2.34. The molecule has 0 saturated heterocycles. The molecule has 0 unspecified atom stereocenters. The molecule has 7 nitrogen and oxygen atoms in total. The van der Waals surface area contributed by atoms with Crippen molar-refractivity contribution >= 4 is 28.9 Å². The summed E-state index contributed by atoms with van der Waals surface area (Å²) < 4.78 is 10.5. The highest BCUT2D eigenvalue weighted by molar-refractivity contribution is 6.19. The lowest BCUT2D eigenvalue weighted by atomic mass is 10.1. The average molecular weight is 453 g/mol. The predicted octanol–water partition coefficient (Wildman–Crippen LogP) is 4.45. The number of ether oxygens (including phenoxy) is 2. The summed E-state index contributed by atoms with van der Waals surface area (Å²) in [4.78, 5) is 27.8. The van der Waals surface area contributed by atoms with Gasteiger partial charge in [-0.25, -0.2) is 9.98 Å². The minimum atomic E-state index is -0.141. The number of hydrogen-bond donors (Lipinski definition) is 1. The van der Waals surface area contributed by atoms with Crippen LogP contribution in [0.5, 0.6) is 11.5 Å². The summed E-state index contributed by atoms with van der Waals surface area (Å²) >= 11 is 0. The first-order valence-corrected chi connectivity index (χ1v) is 11.0. The number of amides is 1. The number of hydrogen-bond acceptors (Lipinski definition) is 5. The molecule has 1 aliphatic heterocycles. The molecule has 4 aromatic rings. The molecule has 1 N–H and O–H groups in total. The Bertz CT molecular complexity index is 1350. The normalized spacial score (nSPS) is 14.6. The van der Waals surface area contributed by atoms with Crippen molar-refractivity contribution in [3.63, 3.8) is 0 Å². The molecule has 0 bridgehead atoms. The zero-order chi connectivity index (χ0) is 23.5. The molecule has 0 spiro atoms. The zero-order valence-corrected chi connectivity index (χ0v) is 19.0. The van der Waals surface area contributed by atoms with Crippen molar-refractivity contribution < 1.29 is 14.3 Å². The molecule has 3 aromatic carbocycles. The van der Waals surface area contributed by atoms with Gasteiger partial charge < -0.3 is 14.5 Å². The van der Waals surface area contributed by atoms with Gasteiger partial charge in [0.2, 0.25) is 0 Å². The molecule has 5 rings (SSSR count). The zero-order valence-electron chi connectivity index (χ0n) is 19.0. The monoisotopic (exact) mass is 452 g/mol. The van der Waals surface area contributed by atoms with Crippen molar-refractivity contribution in [1.82, 2.24) is 14.9 Å². The molecular formula is C27H24N4O3. The number of methoxy groups -OCH3 is 2. The second kappa shape index (κ2) is 9.23. The predicted molar refractivity (Wildman–Crippen MR) is 132 cm³/mol. The number of para-hydroxylation sites is 2. The van der Waals surface area contributed by atoms with Crippen LogP contribution in [0, 0.1) is 0 Å². The molecule has 0 fully saturated rings. The Morgan fingerprint density at radius 3 is 2.26 bits per heavy atom. The third kappa shape index (κ3) is 4.28. The van der Waals surface area contributed by atoms with Crippen LogP contribution < -0.4 is 9.47 Å². The lowest BCUT2D eigenvalue weighted by molar-refractivity contribution is -0.122. The Kier molecular flexibility index (Phi) is 5.82. The van der Waals surface area contributed by atoms with Crippen LogP contribution in [0.4, 0.5) is 0 Å². The quantitative estimate of drug-likeness (QED) is 0.420. The number of H-pyrrole nitrogens is 1. The highest BCUT2D eigenvalue weighted by atomic mass is 16.5. The van der Waals surface area contributed by atoms with Gasteiger partial charge in [-0.3, -0.25) is 9.69 Å². The third-order valence-electron chi connectivity index (χ3n) is 5.72. The van der Waals surface area contributed by atoms with Crippen LogP contribution in [0.25, 0.3) is 17.1 Å². The van der Waals surface area contributed by atoms with Crippen molar-refractivity contribution in [3.8, 4) is 11.5 Å². The van der Waals surface area contributed by atoms with Crippen LogP contribution >= 0.6 is 0 Å². The summed E-state index contributed by atoms with van der Waals surface area (Å²) in [6, 6.07) is 23.0. The van der Waals surface area contributed by atoms with E-state index in [2.05, 4.69) is 9.97 Å². The van der Waals surface area contributed by atoms with Gasteiger partial charge in [-0.15, -0.1) is 0 Å². The number of imidazole rings is 1. The molecule has 2 heterocycles. The van der Waals surface area contributed by atoms with Gasteiger partial charge in [-0.2, -0.15) is 0 Å². The molecule has 1 amide bonds. The second-order valence-electron chi connectivity index (χ2n) is 7.87. The molecular weight excluding hydrogens is 428 g/mol. The third-order valence-corrected chi connectivity index (χ3v) is 5.72. The highest BCUT2D eigenvalue weighted by Gasteiger charge is 2.31. The number of aromatic amines is 1. The minimum Gasteiger partial charge on any atom is -0.497 e. The number of carbonyl (C=O) groups is 1. The molecule has 0 saturated carbocycles. The van der Waals surface area contributed by atoms with E-state index in [1.807, 2.05) is 72.8 Å². The molecule has 0 aliphatic carbocycles. The number of aliphatic imine (C=N–C) groups is 1. The van der Waals surface area contributed by atoms with E-state index in [1.54, 1.807) is 25.2 Å². The summed E-state index contributed by atoms with van der Waals surface area (Å²) in [5.41, 5.74) is 4.00. The summed E-state index contributed by atoms with van der Waals surface area (Å²) in [5, 5.41) is 0. The first kappa shape index (κ1) is 21.5. The SMILES string of the molecule is COc1ccc(/C=C2\N=C(c3ccc(OC)cc3)N(CCc3nc4ccccc4[nH]3)C2=O)cc1. The van der Waals surface area contributed by atoms with E-state index in [0.717, 1.165) is 39.5 Å². The van der Waals surface area contributed by atoms with Crippen LogP contribution in [0.3, 0.4) is 0 Å². The number of rotatable bonds is 7. The Hall–Kier alpha value is -4.39. The summed E-state index contributed by atoms with van der Waals surface area (Å²) in [7, 11) is 3.25. The van der Waals surface area contributed by atoms with E-state index in [-0.39, 0.29) is 5.91 Å². The van der Waals surface area contributed by atoms with Gasteiger partial charge in [0, 0.05) is 18.5 Å². The molecule has 1 aliphatic rings. The number of amidine groups is 1. The van der Waals surface area contributed by atoms with E-state index >= 15 is 0 Å². The fourth-order valence-corrected chi connectivity index (χ4v) is 3.92. The van der Waals surface area contributed by atoms with E-state index < -0.39 is 0 Å². The van der Waals surface area contributed by atoms with Crippen LogP contribution in [0.1, 0.15) is 17.0 Å². The smallest absolute Gasteiger partial charge is 0.278 e. The van der Waals surface area contributed by atoms with Gasteiger partial charge in [0.05, 0.1) is 25.3 Å². The summed E-state index contributed by atoms with van der Waals surface area (Å²) in [5.74, 6) is 2.81. The first-order valence-electron chi connectivity index (χ1n) is 11.0. The fraction of sp³-hybridized carbons (Fsp3) is 0.148. The van der Waals surface area contributed by atoms with Crippen LogP contribution in [0.2, 0.25) is 0 Å². The molecule has 7 heteroatoms. The fourth-order valence-electron chi connectivity index (χ4n) is 3.92. The van der Waals surface area contributed by atoms with Crippen molar-refractivity contribution in [2.75, 3.05) is 20.8 Å². The van der Waals surface area contributed by atoms with Gasteiger partial charge in [0.25, 0.3) is 5.91 Å². The first-order chi connectivity index (χ1) is 16.6. The van der Waals surface area contributed by atoms with Crippen molar-refractivity contribution in [3.05, 3.63) is 95.4 Å². The Morgan fingerprint density at radius 1 is 0.912 bits per heavy atom. The maximum atomic E-state index is 13.4. The number of aromatic nitrogens is 2. The number of carbonyl (C=O) groups excluding carboxylic acids is 1. The summed E-state index contributed by atoms with van der Waals surface area (Å²) in [6.45, 7) is 0.448. The lowest BCUT2D eigenvalue weighted by Gasteiger charge is -2.18. The molecule has 0 radical (unpaired) electrons. The molecule has 34 heavy (non-hydrogen) atoms. The van der Waals surface area contributed by atoms with Crippen LogP contribution in [0.15, 0.2) is 83.5 Å². The minimum absolute atomic E-state index is 0.141. The Labute approximate surface area is 197 Å². The van der Waals surface area contributed by atoms with Gasteiger partial charge in [0.1, 0.15) is 28.9 Å². The van der Waals surface area contributed by atoms with Gasteiger partial charge >= 0.3 is 0 Å². The van der Waals surface area contributed by atoms with Crippen molar-refractivity contribution in [2.45, 2.75) is 6.42 Å². The van der Waals surface area contributed by atoms with Crippen LogP contribution in [-0.2, 0) is 11.2 Å². The van der Waals surface area contributed by atoms with E-state index in [4.69, 9.17) is 14.5 Å². The van der Waals surface area contributed by atoms with Gasteiger partial charge in [-0.05, 0) is 60.2 Å². The van der Waals surface area contributed by atoms with Crippen molar-refractivity contribution in [2.24, 2.45) is 4.99 Å². The number of nitrogens with one attached hydrogen (secondary N) is 1. The highest BCUT2D eigenvalue weighted by Crippen LogP contribution is 2.24.